The van der Waals surface area contributed by atoms with Crippen molar-refractivity contribution < 1.29 is 13.9 Å². The molecule has 0 atom stereocenters. The minimum Gasteiger partial charge on any atom is -0.379 e. The molecular weight excluding hydrogens is 235 g/mol. The fourth-order valence-electron chi connectivity index (χ4n) is 1.99. The lowest BCUT2D eigenvalue weighted by Gasteiger charge is -2.41. The maximum Gasteiger partial charge on any atom is 0.238 e. The van der Waals surface area contributed by atoms with Crippen LogP contribution in [-0.4, -0.2) is 32.7 Å². The second-order valence-corrected chi connectivity index (χ2v) is 4.77. The number of anilines is 1. The lowest BCUT2D eigenvalue weighted by atomic mass is 9.84. The van der Waals surface area contributed by atoms with Crippen LogP contribution in [0, 0.1) is 18.2 Å². The molecule has 1 aromatic carbocycles. The van der Waals surface area contributed by atoms with E-state index in [1.165, 1.54) is 11.0 Å². The number of amides is 1. The monoisotopic (exact) mass is 252 g/mol. The second kappa shape index (κ2) is 4.66. The minimum absolute atomic E-state index is 0.0812. The highest BCUT2D eigenvalue weighted by atomic mass is 19.1. The number of nitrogens with zero attached hydrogens (tertiary/aromatic N) is 1. The lowest BCUT2D eigenvalue weighted by Crippen LogP contribution is -2.58. The van der Waals surface area contributed by atoms with Crippen molar-refractivity contribution >= 4 is 11.6 Å². The van der Waals surface area contributed by atoms with Crippen molar-refractivity contribution in [3.05, 3.63) is 29.6 Å². The Hall–Kier alpha value is -1.46. The molecule has 2 rings (SSSR count). The predicted molar refractivity (Wildman–Crippen MR) is 66.9 cm³/mol. The van der Waals surface area contributed by atoms with Crippen LogP contribution in [0.25, 0.3) is 0 Å². The molecule has 0 spiro atoms. The van der Waals surface area contributed by atoms with Gasteiger partial charge in [-0.15, -0.1) is 0 Å². The molecule has 0 saturated carbocycles. The highest BCUT2D eigenvalue weighted by Crippen LogP contribution is 2.30. The van der Waals surface area contributed by atoms with Gasteiger partial charge < -0.3 is 15.4 Å². The summed E-state index contributed by atoms with van der Waals surface area (Å²) in [6.45, 7) is 2.64. The minimum atomic E-state index is -0.614. The summed E-state index contributed by atoms with van der Waals surface area (Å²) in [6.07, 6.45) is 0. The summed E-state index contributed by atoms with van der Waals surface area (Å²) in [6, 6.07) is 4.60. The van der Waals surface area contributed by atoms with E-state index in [2.05, 4.69) is 0 Å². The highest BCUT2D eigenvalue weighted by molar-refractivity contribution is 5.98. The third-order valence-electron chi connectivity index (χ3n) is 3.43. The van der Waals surface area contributed by atoms with Gasteiger partial charge in [-0.3, -0.25) is 4.79 Å². The van der Waals surface area contributed by atoms with Gasteiger partial charge in [0.05, 0.1) is 13.2 Å². The first-order chi connectivity index (χ1) is 8.50. The number of hydrogen-bond donors (Lipinski definition) is 1. The third-order valence-corrected chi connectivity index (χ3v) is 3.43. The van der Waals surface area contributed by atoms with Gasteiger partial charge in [-0.25, -0.2) is 4.39 Å². The van der Waals surface area contributed by atoms with Gasteiger partial charge in [-0.1, -0.05) is 0 Å². The van der Waals surface area contributed by atoms with Crippen molar-refractivity contribution in [2.24, 2.45) is 11.1 Å². The molecule has 1 saturated heterocycles. The van der Waals surface area contributed by atoms with E-state index in [0.717, 1.165) is 0 Å². The second-order valence-electron chi connectivity index (χ2n) is 4.77. The Morgan fingerprint density at radius 3 is 2.67 bits per heavy atom. The summed E-state index contributed by atoms with van der Waals surface area (Å²) in [5.41, 5.74) is 6.22. The molecule has 5 heteroatoms. The first kappa shape index (κ1) is 13.0. The van der Waals surface area contributed by atoms with Gasteiger partial charge in [0.15, 0.2) is 0 Å². The van der Waals surface area contributed by atoms with Gasteiger partial charge >= 0.3 is 0 Å². The van der Waals surface area contributed by atoms with E-state index in [1.54, 1.807) is 26.1 Å². The van der Waals surface area contributed by atoms with Crippen LogP contribution in [-0.2, 0) is 9.53 Å². The average molecular weight is 252 g/mol. The van der Waals surface area contributed by atoms with Gasteiger partial charge in [0.1, 0.15) is 11.2 Å². The molecule has 1 aliphatic heterocycles. The number of hydrogen-bond acceptors (Lipinski definition) is 3. The first-order valence-corrected chi connectivity index (χ1v) is 5.82. The Morgan fingerprint density at radius 2 is 2.22 bits per heavy atom. The van der Waals surface area contributed by atoms with E-state index in [4.69, 9.17) is 10.5 Å². The maximum atomic E-state index is 13.2. The number of rotatable bonds is 3. The average Bonchev–Trinajstić information content (AvgIpc) is 2.31. The van der Waals surface area contributed by atoms with Crippen molar-refractivity contribution in [3.8, 4) is 0 Å². The van der Waals surface area contributed by atoms with Gasteiger partial charge in [0.25, 0.3) is 0 Å². The summed E-state index contributed by atoms with van der Waals surface area (Å²) in [5.74, 6) is -0.359. The van der Waals surface area contributed by atoms with Crippen LogP contribution in [0.5, 0.6) is 0 Å². The topological polar surface area (TPSA) is 55.6 Å². The van der Waals surface area contributed by atoms with Crippen molar-refractivity contribution in [1.29, 1.82) is 0 Å². The summed E-state index contributed by atoms with van der Waals surface area (Å²) in [5, 5.41) is 0. The zero-order valence-electron chi connectivity index (χ0n) is 10.6. The number of nitrogens with two attached hydrogens (primary N) is 1. The molecule has 1 heterocycles. The molecule has 0 aromatic heterocycles. The fraction of sp³-hybridized carbons (Fsp3) is 0.462. The number of carbonyl (C=O) groups is 1. The molecule has 0 unspecified atom stereocenters. The van der Waals surface area contributed by atoms with Crippen LogP contribution >= 0.6 is 0 Å². The molecule has 1 fully saturated rings. The van der Waals surface area contributed by atoms with E-state index in [-0.39, 0.29) is 18.3 Å². The van der Waals surface area contributed by atoms with Crippen LogP contribution in [0.15, 0.2) is 18.2 Å². The lowest BCUT2D eigenvalue weighted by molar-refractivity contribution is -0.156. The highest BCUT2D eigenvalue weighted by Gasteiger charge is 2.46. The third kappa shape index (κ3) is 2.00. The largest absolute Gasteiger partial charge is 0.379 e. The smallest absolute Gasteiger partial charge is 0.238 e. The van der Waals surface area contributed by atoms with Crippen molar-refractivity contribution in [3.63, 3.8) is 0 Å². The van der Waals surface area contributed by atoms with Gasteiger partial charge in [-0.05, 0) is 30.7 Å². The molecule has 0 bridgehead atoms. The van der Waals surface area contributed by atoms with Crippen molar-refractivity contribution in [2.45, 2.75) is 6.92 Å². The number of benzene rings is 1. The molecule has 1 amide bonds. The molecule has 0 radical (unpaired) electrons. The maximum absolute atomic E-state index is 13.2. The zero-order valence-corrected chi connectivity index (χ0v) is 10.6. The molecule has 98 valence electrons. The summed E-state index contributed by atoms with van der Waals surface area (Å²) in [7, 11) is 1.67. The van der Waals surface area contributed by atoms with Crippen molar-refractivity contribution in [1.82, 2.24) is 0 Å². The Balaban J connectivity index is 2.22. The quantitative estimate of drug-likeness (QED) is 0.875. The number of carbonyl (C=O) groups excluding carboxylic acids is 1. The molecule has 4 nitrogen and oxygen atoms in total. The molecule has 0 aliphatic carbocycles. The van der Waals surface area contributed by atoms with Crippen LogP contribution in [0.3, 0.4) is 0 Å². The fourth-order valence-corrected chi connectivity index (χ4v) is 1.99. The van der Waals surface area contributed by atoms with Crippen molar-refractivity contribution in [2.75, 3.05) is 31.7 Å². The van der Waals surface area contributed by atoms with Gasteiger partial charge in [-0.2, -0.15) is 0 Å². The van der Waals surface area contributed by atoms with E-state index >= 15 is 0 Å². The Bertz CT molecular complexity index is 467. The number of aryl methyl sites for hydroxylation is 1. The summed E-state index contributed by atoms with van der Waals surface area (Å²) in [4.78, 5) is 13.9. The van der Waals surface area contributed by atoms with Crippen LogP contribution < -0.4 is 10.6 Å². The zero-order chi connectivity index (χ0) is 13.3. The molecule has 2 N–H and O–H groups in total. The van der Waals surface area contributed by atoms with E-state index < -0.39 is 5.41 Å². The Labute approximate surface area is 106 Å². The Kier molecular flexibility index (Phi) is 3.36. The van der Waals surface area contributed by atoms with Crippen LogP contribution in [0.4, 0.5) is 10.1 Å². The standard InChI is InChI=1S/C13H17FN2O2/c1-9-5-10(3-4-11(9)14)16(2)12(17)13(6-15)7-18-8-13/h3-5H,6-8,15H2,1-2H3. The first-order valence-electron chi connectivity index (χ1n) is 5.82. The molecule has 1 aromatic rings. The van der Waals surface area contributed by atoms with E-state index in [9.17, 15) is 9.18 Å². The molecule has 1 aliphatic rings. The summed E-state index contributed by atoms with van der Waals surface area (Å²) < 4.78 is 18.3. The van der Waals surface area contributed by atoms with Crippen LogP contribution in [0.2, 0.25) is 0 Å². The summed E-state index contributed by atoms with van der Waals surface area (Å²) >= 11 is 0. The van der Waals surface area contributed by atoms with Gasteiger partial charge in [0.2, 0.25) is 5.91 Å². The molecular formula is C13H17FN2O2. The molecule has 18 heavy (non-hydrogen) atoms. The van der Waals surface area contributed by atoms with E-state index in [0.29, 0.717) is 24.5 Å². The normalized spacial score (nSPS) is 17.1. The predicted octanol–water partition coefficient (Wildman–Crippen LogP) is 1.07. The SMILES string of the molecule is Cc1cc(N(C)C(=O)C2(CN)COC2)ccc1F. The van der Waals surface area contributed by atoms with E-state index in [1.807, 2.05) is 0 Å². The van der Waals surface area contributed by atoms with Gasteiger partial charge in [0, 0.05) is 19.3 Å². The number of halogens is 1. The number of ether oxygens (including phenoxy) is 1. The van der Waals surface area contributed by atoms with Crippen LogP contribution in [0.1, 0.15) is 5.56 Å². The Morgan fingerprint density at radius 1 is 1.56 bits per heavy atom.